The van der Waals surface area contributed by atoms with E-state index in [1.165, 1.54) is 27.7 Å². The quantitative estimate of drug-likeness (QED) is 0.440. The predicted molar refractivity (Wildman–Crippen MR) is 122 cm³/mol. The highest BCUT2D eigenvalue weighted by Gasteiger charge is 2.29. The maximum atomic E-state index is 6.48. The summed E-state index contributed by atoms with van der Waals surface area (Å²) in [6, 6.07) is 12.9. The molecule has 3 aromatic rings. The highest BCUT2D eigenvalue weighted by atomic mass is 35.5. The molecule has 0 N–H and O–H groups in total. The molecule has 0 amide bonds. The highest BCUT2D eigenvalue weighted by molar-refractivity contribution is 6.35. The van der Waals surface area contributed by atoms with Crippen molar-refractivity contribution in [1.82, 2.24) is 9.47 Å². The molecule has 2 aromatic carbocycles. The van der Waals surface area contributed by atoms with Gasteiger partial charge in [-0.2, -0.15) is 0 Å². The summed E-state index contributed by atoms with van der Waals surface area (Å²) in [5, 5.41) is 2.73. The molecule has 0 fully saturated rings. The first kappa shape index (κ1) is 19.6. The SMILES string of the molecule is CCC1c2c(c3cc(C)ccc3n2C=C(C)c2ccc(Cl)cc2Cl)CCN1C. The Kier molecular flexibility index (Phi) is 5.30. The lowest BCUT2D eigenvalue weighted by Crippen LogP contribution is -2.32. The van der Waals surface area contributed by atoms with E-state index >= 15 is 0 Å². The minimum Gasteiger partial charge on any atom is -0.318 e. The second-order valence-corrected chi connectivity index (χ2v) is 8.69. The zero-order valence-corrected chi connectivity index (χ0v) is 18.4. The Labute approximate surface area is 177 Å². The first-order valence-electron chi connectivity index (χ1n) is 9.88. The molecule has 2 heterocycles. The van der Waals surface area contributed by atoms with Crippen molar-refractivity contribution >= 4 is 45.9 Å². The standard InChI is InChI=1S/C24H26Cl2N2/c1-5-22-24-19(10-11-27(22)4)20-12-15(2)6-9-23(20)28(24)14-16(3)18-8-7-17(25)13-21(18)26/h6-9,12-14,22H,5,10-11H2,1-4H3. The zero-order chi connectivity index (χ0) is 20.0. The number of likely N-dealkylation sites (N-methyl/N-ethyl adjacent to an activating group) is 1. The van der Waals surface area contributed by atoms with E-state index in [4.69, 9.17) is 23.2 Å². The number of rotatable bonds is 3. The molecular weight excluding hydrogens is 387 g/mol. The smallest absolute Gasteiger partial charge is 0.0529 e. The fourth-order valence-corrected chi connectivity index (χ4v) is 5.07. The van der Waals surface area contributed by atoms with E-state index in [1.807, 2.05) is 18.2 Å². The minimum absolute atomic E-state index is 0.418. The van der Waals surface area contributed by atoms with Crippen molar-refractivity contribution in [1.29, 1.82) is 0 Å². The lowest BCUT2D eigenvalue weighted by Gasteiger charge is -2.33. The molecule has 1 atom stereocenters. The number of aryl methyl sites for hydroxylation is 1. The Morgan fingerprint density at radius 2 is 1.96 bits per heavy atom. The third kappa shape index (κ3) is 3.28. The molecule has 2 nitrogen and oxygen atoms in total. The maximum Gasteiger partial charge on any atom is 0.0529 e. The summed E-state index contributed by atoms with van der Waals surface area (Å²) in [4.78, 5) is 2.48. The fourth-order valence-electron chi connectivity index (χ4n) is 4.51. The van der Waals surface area contributed by atoms with Crippen LogP contribution in [0, 0.1) is 6.92 Å². The van der Waals surface area contributed by atoms with E-state index < -0.39 is 0 Å². The fraction of sp³-hybridized carbons (Fsp3) is 0.333. The van der Waals surface area contributed by atoms with E-state index in [2.05, 4.69) is 61.7 Å². The molecule has 0 radical (unpaired) electrons. The van der Waals surface area contributed by atoms with Gasteiger partial charge in [-0.25, -0.2) is 0 Å². The minimum atomic E-state index is 0.418. The van der Waals surface area contributed by atoms with Crippen LogP contribution in [0.1, 0.15) is 48.7 Å². The second-order valence-electron chi connectivity index (χ2n) is 7.85. The Balaban J connectivity index is 1.97. The first-order valence-corrected chi connectivity index (χ1v) is 10.6. The molecular formula is C24H26Cl2N2. The Hall–Kier alpha value is -1.74. The van der Waals surface area contributed by atoms with Crippen LogP contribution in [0.25, 0.3) is 22.7 Å². The number of halogens is 2. The highest BCUT2D eigenvalue weighted by Crippen LogP contribution is 2.39. The summed E-state index contributed by atoms with van der Waals surface area (Å²) < 4.78 is 2.40. The monoisotopic (exact) mass is 412 g/mol. The first-order chi connectivity index (χ1) is 13.4. The average molecular weight is 413 g/mol. The molecule has 1 aliphatic heterocycles. The van der Waals surface area contributed by atoms with Crippen LogP contribution in [-0.2, 0) is 6.42 Å². The van der Waals surface area contributed by atoms with Crippen molar-refractivity contribution in [3.05, 3.63) is 68.8 Å². The molecule has 1 aliphatic rings. The van der Waals surface area contributed by atoms with Crippen molar-refractivity contribution in [2.24, 2.45) is 0 Å². The summed E-state index contributed by atoms with van der Waals surface area (Å²) in [6.07, 6.45) is 4.42. The Morgan fingerprint density at radius 1 is 1.18 bits per heavy atom. The van der Waals surface area contributed by atoms with Gasteiger partial charge in [0.2, 0.25) is 0 Å². The van der Waals surface area contributed by atoms with Gasteiger partial charge < -0.3 is 4.57 Å². The van der Waals surface area contributed by atoms with Crippen LogP contribution >= 0.6 is 23.2 Å². The van der Waals surface area contributed by atoms with Gasteiger partial charge in [0.05, 0.1) is 11.6 Å². The molecule has 0 spiro atoms. The average Bonchev–Trinajstić information content (AvgIpc) is 2.94. The molecule has 0 bridgehead atoms. The topological polar surface area (TPSA) is 8.17 Å². The molecule has 0 aliphatic carbocycles. The van der Waals surface area contributed by atoms with Gasteiger partial charge in [-0.15, -0.1) is 0 Å². The van der Waals surface area contributed by atoms with Crippen LogP contribution in [0.5, 0.6) is 0 Å². The molecule has 0 saturated heterocycles. The number of fused-ring (bicyclic) bond motifs is 3. The molecule has 28 heavy (non-hydrogen) atoms. The number of benzene rings is 2. The van der Waals surface area contributed by atoms with E-state index in [9.17, 15) is 0 Å². The third-order valence-corrected chi connectivity index (χ3v) is 6.48. The van der Waals surface area contributed by atoms with Gasteiger partial charge in [-0.05, 0) is 74.7 Å². The molecule has 4 heteroatoms. The summed E-state index contributed by atoms with van der Waals surface area (Å²) >= 11 is 12.6. The van der Waals surface area contributed by atoms with Crippen LogP contribution in [0.3, 0.4) is 0 Å². The number of aromatic nitrogens is 1. The Bertz CT molecular complexity index is 1080. The lowest BCUT2D eigenvalue weighted by atomic mass is 9.96. The van der Waals surface area contributed by atoms with Crippen LogP contribution in [0.15, 0.2) is 36.4 Å². The van der Waals surface area contributed by atoms with E-state index in [-0.39, 0.29) is 0 Å². The van der Waals surface area contributed by atoms with Gasteiger partial charge in [0.1, 0.15) is 0 Å². The van der Waals surface area contributed by atoms with Crippen molar-refractivity contribution < 1.29 is 0 Å². The maximum absolute atomic E-state index is 6.48. The normalized spacial score (nSPS) is 17.9. The van der Waals surface area contributed by atoms with Crippen molar-refractivity contribution in [3.8, 4) is 0 Å². The van der Waals surface area contributed by atoms with Crippen LogP contribution in [0.2, 0.25) is 10.0 Å². The van der Waals surface area contributed by atoms with E-state index in [0.29, 0.717) is 16.1 Å². The largest absolute Gasteiger partial charge is 0.318 e. The van der Waals surface area contributed by atoms with Crippen molar-refractivity contribution in [2.45, 2.75) is 39.7 Å². The van der Waals surface area contributed by atoms with Gasteiger partial charge in [0.25, 0.3) is 0 Å². The van der Waals surface area contributed by atoms with Crippen LogP contribution < -0.4 is 0 Å². The number of nitrogens with zero attached hydrogens (tertiary/aromatic N) is 2. The third-order valence-electron chi connectivity index (χ3n) is 5.93. The molecule has 0 saturated carbocycles. The van der Waals surface area contributed by atoms with Gasteiger partial charge in [-0.1, -0.05) is 47.8 Å². The van der Waals surface area contributed by atoms with Gasteiger partial charge in [-0.3, -0.25) is 4.90 Å². The van der Waals surface area contributed by atoms with E-state index in [0.717, 1.165) is 30.5 Å². The lowest BCUT2D eigenvalue weighted by molar-refractivity contribution is 0.220. The number of hydrogen-bond donors (Lipinski definition) is 0. The van der Waals surface area contributed by atoms with Gasteiger partial charge in [0.15, 0.2) is 0 Å². The predicted octanol–water partition coefficient (Wildman–Crippen LogP) is 7.21. The number of hydrogen-bond acceptors (Lipinski definition) is 1. The molecule has 1 unspecified atom stereocenters. The summed E-state index contributed by atoms with van der Waals surface area (Å²) in [6.45, 7) is 7.67. The van der Waals surface area contributed by atoms with Gasteiger partial charge >= 0.3 is 0 Å². The molecule has 4 rings (SSSR count). The Morgan fingerprint density at radius 3 is 2.68 bits per heavy atom. The summed E-state index contributed by atoms with van der Waals surface area (Å²) in [7, 11) is 2.23. The van der Waals surface area contributed by atoms with Crippen molar-refractivity contribution in [3.63, 3.8) is 0 Å². The van der Waals surface area contributed by atoms with Gasteiger partial charge in [0, 0.05) is 33.9 Å². The van der Waals surface area contributed by atoms with E-state index in [1.54, 1.807) is 0 Å². The molecule has 1 aromatic heterocycles. The van der Waals surface area contributed by atoms with Crippen molar-refractivity contribution in [2.75, 3.05) is 13.6 Å². The summed E-state index contributed by atoms with van der Waals surface area (Å²) in [5.41, 5.74) is 7.64. The molecule has 146 valence electrons. The number of allylic oxidation sites excluding steroid dienone is 1. The second kappa shape index (κ2) is 7.59. The zero-order valence-electron chi connectivity index (χ0n) is 16.9. The van der Waals surface area contributed by atoms with Crippen LogP contribution in [-0.4, -0.2) is 23.1 Å². The van der Waals surface area contributed by atoms with Crippen LogP contribution in [0.4, 0.5) is 0 Å². The summed E-state index contributed by atoms with van der Waals surface area (Å²) in [5.74, 6) is 0.